The Kier molecular flexibility index (Phi) is 15.7. The summed E-state index contributed by atoms with van der Waals surface area (Å²) >= 11 is 3.93. The number of carboxylic acid groups (broad SMARTS) is 1. The molecule has 186 valence electrons. The molecule has 0 saturated heterocycles. The van der Waals surface area contributed by atoms with E-state index in [1.54, 1.807) is 13.8 Å². The molecule has 0 aliphatic heterocycles. The second-order valence-corrected chi connectivity index (χ2v) is 8.41. The van der Waals surface area contributed by atoms with Crippen molar-refractivity contribution in [3.8, 4) is 0 Å². The van der Waals surface area contributed by atoms with Crippen LogP contribution in [0.5, 0.6) is 0 Å². The van der Waals surface area contributed by atoms with Gasteiger partial charge in [-0.25, -0.2) is 4.79 Å². The molecule has 4 atom stereocenters. The highest BCUT2D eigenvalue weighted by atomic mass is 32.1. The summed E-state index contributed by atoms with van der Waals surface area (Å²) in [5, 5.41) is 16.8. The van der Waals surface area contributed by atoms with Crippen molar-refractivity contribution < 1.29 is 24.3 Å². The van der Waals surface area contributed by atoms with Gasteiger partial charge in [0.1, 0.15) is 18.1 Å². The number of carbonyl (C=O) groups is 4. The molecule has 32 heavy (non-hydrogen) atoms. The van der Waals surface area contributed by atoms with Crippen LogP contribution in [0.3, 0.4) is 0 Å². The van der Waals surface area contributed by atoms with E-state index in [4.69, 9.17) is 22.3 Å². The van der Waals surface area contributed by atoms with E-state index in [2.05, 4.69) is 28.6 Å². The molecule has 0 aromatic heterocycles. The van der Waals surface area contributed by atoms with Gasteiger partial charge < -0.3 is 38.3 Å². The van der Waals surface area contributed by atoms with E-state index in [9.17, 15) is 19.2 Å². The fourth-order valence-corrected chi connectivity index (χ4v) is 3.16. The molecule has 0 bridgehead atoms. The molecule has 0 aromatic carbocycles. The molecule has 0 aromatic rings. The first kappa shape index (κ1) is 30.1. The number of carbonyl (C=O) groups excluding carboxylic acids is 3. The average Bonchev–Trinajstić information content (AvgIpc) is 2.74. The second kappa shape index (κ2) is 16.7. The monoisotopic (exact) mass is 476 g/mol. The topological polar surface area (TPSA) is 203 Å². The van der Waals surface area contributed by atoms with Crippen molar-refractivity contribution in [2.75, 3.05) is 18.8 Å². The van der Waals surface area contributed by atoms with Crippen LogP contribution in [0.4, 0.5) is 0 Å². The van der Waals surface area contributed by atoms with Crippen molar-refractivity contribution in [2.45, 2.75) is 76.5 Å². The Hall–Kier alpha value is -1.89. The van der Waals surface area contributed by atoms with Crippen LogP contribution in [0.2, 0.25) is 0 Å². The Morgan fingerprint density at radius 1 is 0.812 bits per heavy atom. The summed E-state index contributed by atoms with van der Waals surface area (Å²) in [4.78, 5) is 49.2. The van der Waals surface area contributed by atoms with Crippen LogP contribution < -0.4 is 33.2 Å². The Morgan fingerprint density at radius 3 is 1.81 bits per heavy atom. The molecule has 0 spiro atoms. The minimum absolute atomic E-state index is 0.0976. The molecule has 0 rings (SSSR count). The largest absolute Gasteiger partial charge is 0.480 e. The molecule has 3 amide bonds. The summed E-state index contributed by atoms with van der Waals surface area (Å²) in [7, 11) is 0. The molecule has 4 unspecified atom stereocenters. The fourth-order valence-electron chi connectivity index (χ4n) is 2.92. The summed E-state index contributed by atoms with van der Waals surface area (Å²) in [5.74, 6) is -3.29. The predicted molar refractivity (Wildman–Crippen MR) is 126 cm³/mol. The van der Waals surface area contributed by atoms with Gasteiger partial charge in [0.25, 0.3) is 0 Å². The lowest BCUT2D eigenvalue weighted by Gasteiger charge is -2.27. The molecule has 0 heterocycles. The van der Waals surface area contributed by atoms with Crippen molar-refractivity contribution in [1.82, 2.24) is 16.0 Å². The third-order valence-corrected chi connectivity index (χ3v) is 5.30. The molecule has 0 fully saturated rings. The zero-order chi connectivity index (χ0) is 24.7. The lowest BCUT2D eigenvalue weighted by Crippen LogP contribution is -2.58. The molecule has 12 heteroatoms. The van der Waals surface area contributed by atoms with Crippen molar-refractivity contribution in [3.63, 3.8) is 0 Å². The van der Waals surface area contributed by atoms with Crippen molar-refractivity contribution in [3.05, 3.63) is 0 Å². The Balaban J connectivity index is 5.26. The van der Waals surface area contributed by atoms with Crippen molar-refractivity contribution in [1.29, 1.82) is 0 Å². The fraction of sp³-hybridized carbons (Fsp3) is 0.800. The third kappa shape index (κ3) is 11.7. The first-order chi connectivity index (χ1) is 15.1. The number of thiol groups is 1. The molecule has 0 aliphatic carbocycles. The lowest BCUT2D eigenvalue weighted by molar-refractivity contribution is -0.142. The van der Waals surface area contributed by atoms with E-state index in [-0.39, 0.29) is 11.7 Å². The minimum atomic E-state index is -1.22. The van der Waals surface area contributed by atoms with Crippen LogP contribution in [0.25, 0.3) is 0 Å². The Labute approximate surface area is 195 Å². The van der Waals surface area contributed by atoms with Gasteiger partial charge in [0.05, 0.1) is 6.04 Å². The normalized spacial score (nSPS) is 14.8. The van der Waals surface area contributed by atoms with Gasteiger partial charge in [-0.15, -0.1) is 0 Å². The summed E-state index contributed by atoms with van der Waals surface area (Å²) in [5.41, 5.74) is 16.9. The highest BCUT2D eigenvalue weighted by Gasteiger charge is 2.31. The number of rotatable bonds is 17. The van der Waals surface area contributed by atoms with Crippen LogP contribution >= 0.6 is 12.6 Å². The molecule has 11 nitrogen and oxygen atoms in total. The quantitative estimate of drug-likeness (QED) is 0.0933. The lowest BCUT2D eigenvalue weighted by atomic mass is 10.0. The van der Waals surface area contributed by atoms with Crippen LogP contribution in [-0.2, 0) is 19.2 Å². The van der Waals surface area contributed by atoms with E-state index in [0.717, 1.165) is 6.42 Å². The highest BCUT2D eigenvalue weighted by Crippen LogP contribution is 2.08. The van der Waals surface area contributed by atoms with E-state index in [1.165, 1.54) is 0 Å². The van der Waals surface area contributed by atoms with Gasteiger partial charge in [0.2, 0.25) is 17.7 Å². The van der Waals surface area contributed by atoms with E-state index >= 15 is 0 Å². The maximum absolute atomic E-state index is 12.9. The summed E-state index contributed by atoms with van der Waals surface area (Å²) in [6.07, 6.45) is 3.47. The molecule has 10 N–H and O–H groups in total. The van der Waals surface area contributed by atoms with Crippen LogP contribution in [0.1, 0.15) is 52.4 Å². The standard InChI is InChI=1S/C20H40N6O5S/c1-12(2)16(19(29)25-15(11-32)20(30)31)26-18(28)14(8-4-6-10-22)24-17(27)13(23)7-3-5-9-21/h12-16,32H,3-11,21-23H2,1-2H3,(H,24,27)(H,25,29)(H,26,28)(H,30,31). The predicted octanol–water partition coefficient (Wildman–Crippen LogP) is -1.30. The summed E-state index contributed by atoms with van der Waals surface area (Å²) in [6.45, 7) is 4.39. The summed E-state index contributed by atoms with van der Waals surface area (Å²) in [6, 6.07) is -3.85. The number of amides is 3. The maximum atomic E-state index is 12.9. The number of aliphatic carboxylic acids is 1. The molecular weight excluding hydrogens is 436 g/mol. The molecular formula is C20H40N6O5S. The number of carboxylic acids is 1. The molecule has 0 saturated carbocycles. The number of hydrogen-bond acceptors (Lipinski definition) is 8. The van der Waals surface area contributed by atoms with E-state index < -0.39 is 47.9 Å². The van der Waals surface area contributed by atoms with Gasteiger partial charge in [-0.1, -0.05) is 20.3 Å². The van der Waals surface area contributed by atoms with Crippen LogP contribution in [0.15, 0.2) is 0 Å². The third-order valence-electron chi connectivity index (χ3n) is 4.93. The van der Waals surface area contributed by atoms with Gasteiger partial charge in [-0.05, 0) is 51.1 Å². The zero-order valence-electron chi connectivity index (χ0n) is 19.0. The molecule has 0 radical (unpaired) electrons. The number of hydrogen-bond donors (Lipinski definition) is 8. The average molecular weight is 477 g/mol. The van der Waals surface area contributed by atoms with Gasteiger partial charge >= 0.3 is 5.97 Å². The van der Waals surface area contributed by atoms with Gasteiger partial charge in [-0.2, -0.15) is 12.6 Å². The van der Waals surface area contributed by atoms with Gasteiger partial charge in [0, 0.05) is 5.75 Å². The Morgan fingerprint density at radius 2 is 1.34 bits per heavy atom. The van der Waals surface area contributed by atoms with E-state index in [0.29, 0.717) is 45.2 Å². The minimum Gasteiger partial charge on any atom is -0.480 e. The van der Waals surface area contributed by atoms with Crippen LogP contribution in [-0.4, -0.2) is 71.8 Å². The number of nitrogens with two attached hydrogens (primary N) is 3. The van der Waals surface area contributed by atoms with Crippen molar-refractivity contribution in [2.24, 2.45) is 23.1 Å². The highest BCUT2D eigenvalue weighted by molar-refractivity contribution is 7.80. The SMILES string of the molecule is CC(C)C(NC(=O)C(CCCCN)NC(=O)C(N)CCCCN)C(=O)NC(CS)C(=O)O. The smallest absolute Gasteiger partial charge is 0.327 e. The number of nitrogens with one attached hydrogen (secondary N) is 3. The maximum Gasteiger partial charge on any atom is 0.327 e. The van der Waals surface area contributed by atoms with Crippen LogP contribution in [0, 0.1) is 5.92 Å². The van der Waals surface area contributed by atoms with Crippen molar-refractivity contribution >= 4 is 36.3 Å². The first-order valence-electron chi connectivity index (χ1n) is 11.0. The summed E-state index contributed by atoms with van der Waals surface area (Å²) < 4.78 is 0. The first-order valence-corrected chi connectivity index (χ1v) is 11.6. The van der Waals surface area contributed by atoms with Gasteiger partial charge in [-0.3, -0.25) is 14.4 Å². The van der Waals surface area contributed by atoms with E-state index in [1.807, 2.05) is 0 Å². The second-order valence-electron chi connectivity index (χ2n) is 8.05. The Bertz CT molecular complexity index is 607. The number of unbranched alkanes of at least 4 members (excludes halogenated alkanes) is 2. The van der Waals surface area contributed by atoms with Gasteiger partial charge in [0.15, 0.2) is 0 Å². The molecule has 0 aliphatic rings. The zero-order valence-corrected chi connectivity index (χ0v) is 19.9.